The van der Waals surface area contributed by atoms with Crippen LogP contribution < -0.4 is 5.32 Å². The maximum atomic E-state index is 13.6. The first-order chi connectivity index (χ1) is 21.0. The molecule has 2 aromatic carbocycles. The van der Waals surface area contributed by atoms with E-state index in [1.807, 2.05) is 43.3 Å². The maximum absolute atomic E-state index is 13.6. The SMILES string of the molecule is C.Cc1ccccc1-c1cc(CN(C(C)C)[C@@H](COC(C)(C)C)CC2CCCCC2)ccc1C(=O)N[C@@H](CCS(C)(=O)=O)C(=O)O. The van der Waals surface area contributed by atoms with E-state index in [9.17, 15) is 23.1 Å². The van der Waals surface area contributed by atoms with Crippen LogP contribution in [0.1, 0.15) is 108 Å². The van der Waals surface area contributed by atoms with E-state index >= 15 is 0 Å². The number of carbonyl (C=O) groups excluding carboxylic acids is 1. The van der Waals surface area contributed by atoms with Crippen molar-refractivity contribution in [2.24, 2.45) is 5.92 Å². The molecule has 0 radical (unpaired) electrons. The third-order valence-electron chi connectivity index (χ3n) is 8.68. The predicted molar refractivity (Wildman–Crippen MR) is 188 cm³/mol. The molecular weight excluding hydrogens is 600 g/mol. The molecule has 1 aliphatic carbocycles. The highest BCUT2D eigenvalue weighted by Gasteiger charge is 2.29. The molecule has 9 heteroatoms. The largest absolute Gasteiger partial charge is 0.480 e. The summed E-state index contributed by atoms with van der Waals surface area (Å²) in [6.07, 6.45) is 8.36. The Hall–Kier alpha value is -2.75. The van der Waals surface area contributed by atoms with Gasteiger partial charge in [-0.25, -0.2) is 13.2 Å². The summed E-state index contributed by atoms with van der Waals surface area (Å²) >= 11 is 0. The second kappa shape index (κ2) is 17.4. The number of amides is 1. The van der Waals surface area contributed by atoms with E-state index in [0.29, 0.717) is 30.2 Å². The summed E-state index contributed by atoms with van der Waals surface area (Å²) in [6.45, 7) is 14.0. The molecule has 1 saturated carbocycles. The molecular formula is C37H58N2O6S. The summed E-state index contributed by atoms with van der Waals surface area (Å²) in [5, 5.41) is 12.3. The molecule has 0 aromatic heterocycles. The van der Waals surface area contributed by atoms with Crippen molar-refractivity contribution in [1.29, 1.82) is 0 Å². The topological polar surface area (TPSA) is 113 Å². The van der Waals surface area contributed by atoms with Gasteiger partial charge in [0.15, 0.2) is 0 Å². The first-order valence-electron chi connectivity index (χ1n) is 16.3. The number of sulfone groups is 1. The van der Waals surface area contributed by atoms with Crippen molar-refractivity contribution in [1.82, 2.24) is 10.2 Å². The Labute approximate surface area is 278 Å². The fraction of sp³-hybridized carbons (Fsp3) is 0.622. The number of rotatable bonds is 15. The number of carboxylic acids is 1. The van der Waals surface area contributed by atoms with E-state index in [1.54, 1.807) is 6.07 Å². The molecule has 2 aromatic rings. The lowest BCUT2D eigenvalue weighted by Gasteiger charge is -2.39. The zero-order valence-corrected chi connectivity index (χ0v) is 29.1. The van der Waals surface area contributed by atoms with Crippen molar-refractivity contribution in [3.63, 3.8) is 0 Å². The highest BCUT2D eigenvalue weighted by molar-refractivity contribution is 7.90. The van der Waals surface area contributed by atoms with Gasteiger partial charge in [-0.15, -0.1) is 0 Å². The first kappa shape index (κ1) is 39.4. The lowest BCUT2D eigenvalue weighted by molar-refractivity contribution is -0.139. The van der Waals surface area contributed by atoms with Gasteiger partial charge >= 0.3 is 5.97 Å². The minimum Gasteiger partial charge on any atom is -0.480 e. The monoisotopic (exact) mass is 658 g/mol. The van der Waals surface area contributed by atoms with Crippen LogP contribution in [0.5, 0.6) is 0 Å². The number of carbonyl (C=O) groups is 2. The maximum Gasteiger partial charge on any atom is 0.326 e. The summed E-state index contributed by atoms with van der Waals surface area (Å²) < 4.78 is 29.8. The predicted octanol–water partition coefficient (Wildman–Crippen LogP) is 7.28. The number of carboxylic acid groups (broad SMARTS) is 1. The van der Waals surface area contributed by atoms with Gasteiger partial charge in [0.2, 0.25) is 0 Å². The number of nitrogens with one attached hydrogen (secondary N) is 1. The van der Waals surface area contributed by atoms with Gasteiger partial charge in [0, 0.05) is 30.4 Å². The van der Waals surface area contributed by atoms with Crippen molar-refractivity contribution >= 4 is 21.7 Å². The fourth-order valence-electron chi connectivity index (χ4n) is 6.21. The number of benzene rings is 2. The fourth-order valence-corrected chi connectivity index (χ4v) is 6.87. The van der Waals surface area contributed by atoms with E-state index in [0.717, 1.165) is 29.4 Å². The Kier molecular flexibility index (Phi) is 14.9. The molecule has 1 fully saturated rings. The van der Waals surface area contributed by atoms with Crippen LogP contribution in [0.2, 0.25) is 0 Å². The van der Waals surface area contributed by atoms with E-state index in [4.69, 9.17) is 4.74 Å². The molecule has 2 atom stereocenters. The second-order valence-electron chi connectivity index (χ2n) is 14.1. The van der Waals surface area contributed by atoms with Gasteiger partial charge in [-0.05, 0) is 94.7 Å². The standard InChI is InChI=1S/C36H54N2O6S.CH4/c1-25(2)38(29(24-44-36(4,5)6)21-27-14-9-8-10-15-27)23-28-17-18-31(32(22-28)30-16-12-11-13-26(30)3)34(39)37-33(35(40)41)19-20-45(7,42)43;/h11-13,16-18,22,25,27,29,33H,8-10,14-15,19-21,23-24H2,1-7H3,(H,37,39)(H,40,41);1H4/t29-,33+;/m1./s1. The van der Waals surface area contributed by atoms with Crippen LogP contribution in [-0.2, 0) is 25.9 Å². The van der Waals surface area contributed by atoms with Gasteiger partial charge in [0.1, 0.15) is 15.9 Å². The Balaban J connectivity index is 0.00000736. The number of hydrogen-bond donors (Lipinski definition) is 2. The molecule has 2 N–H and O–H groups in total. The zero-order chi connectivity index (χ0) is 33.4. The van der Waals surface area contributed by atoms with Crippen LogP contribution >= 0.6 is 0 Å². The van der Waals surface area contributed by atoms with Crippen LogP contribution in [0.3, 0.4) is 0 Å². The number of aryl methyl sites for hydroxylation is 1. The third-order valence-corrected chi connectivity index (χ3v) is 9.66. The van der Waals surface area contributed by atoms with E-state index in [-0.39, 0.29) is 37.3 Å². The molecule has 258 valence electrons. The smallest absolute Gasteiger partial charge is 0.326 e. The summed E-state index contributed by atoms with van der Waals surface area (Å²) in [6, 6.07) is 12.8. The Morgan fingerprint density at radius 1 is 1.04 bits per heavy atom. The lowest BCUT2D eigenvalue weighted by atomic mass is 9.84. The van der Waals surface area contributed by atoms with Crippen LogP contribution in [0.4, 0.5) is 0 Å². The summed E-state index contributed by atoms with van der Waals surface area (Å²) in [4.78, 5) is 28.0. The van der Waals surface area contributed by atoms with Gasteiger partial charge in [-0.3, -0.25) is 9.69 Å². The quantitative estimate of drug-likeness (QED) is 0.207. The van der Waals surface area contributed by atoms with Gasteiger partial charge < -0.3 is 15.2 Å². The molecule has 0 bridgehead atoms. The highest BCUT2D eigenvalue weighted by Crippen LogP contribution is 2.32. The van der Waals surface area contributed by atoms with Crippen LogP contribution in [0, 0.1) is 12.8 Å². The number of nitrogens with zero attached hydrogens (tertiary/aromatic N) is 1. The Bertz CT molecular complexity index is 1390. The van der Waals surface area contributed by atoms with E-state index in [2.05, 4.69) is 44.8 Å². The molecule has 0 unspecified atom stereocenters. The molecule has 3 rings (SSSR count). The molecule has 1 amide bonds. The molecule has 8 nitrogen and oxygen atoms in total. The van der Waals surface area contributed by atoms with Gasteiger partial charge in [0.25, 0.3) is 5.91 Å². The summed E-state index contributed by atoms with van der Waals surface area (Å²) in [7, 11) is -3.39. The number of aliphatic carboxylic acids is 1. The van der Waals surface area contributed by atoms with Gasteiger partial charge in [-0.1, -0.05) is 69.9 Å². The number of hydrogen-bond acceptors (Lipinski definition) is 6. The average molecular weight is 659 g/mol. The number of ether oxygens (including phenoxy) is 1. The minimum absolute atomic E-state index is 0. The van der Waals surface area contributed by atoms with Crippen molar-refractivity contribution < 1.29 is 27.9 Å². The molecule has 0 spiro atoms. The molecule has 46 heavy (non-hydrogen) atoms. The summed E-state index contributed by atoms with van der Waals surface area (Å²) in [5.74, 6) is -1.46. The highest BCUT2D eigenvalue weighted by atomic mass is 32.2. The van der Waals surface area contributed by atoms with Gasteiger partial charge in [0.05, 0.1) is 18.0 Å². The van der Waals surface area contributed by atoms with Crippen molar-refractivity contribution in [2.45, 2.75) is 124 Å². The van der Waals surface area contributed by atoms with E-state index in [1.165, 1.54) is 32.1 Å². The first-order valence-corrected chi connectivity index (χ1v) is 18.4. The Morgan fingerprint density at radius 2 is 1.70 bits per heavy atom. The van der Waals surface area contributed by atoms with Gasteiger partial charge in [-0.2, -0.15) is 0 Å². The van der Waals surface area contributed by atoms with Crippen molar-refractivity contribution in [2.75, 3.05) is 18.6 Å². The molecule has 0 saturated heterocycles. The lowest BCUT2D eigenvalue weighted by Crippen LogP contribution is -2.45. The van der Waals surface area contributed by atoms with Crippen LogP contribution in [0.25, 0.3) is 11.1 Å². The van der Waals surface area contributed by atoms with Crippen molar-refractivity contribution in [3.8, 4) is 11.1 Å². The normalized spacial score (nSPS) is 15.8. The average Bonchev–Trinajstić information content (AvgIpc) is 2.95. The third kappa shape index (κ3) is 12.5. The summed E-state index contributed by atoms with van der Waals surface area (Å²) in [5.41, 5.74) is 3.76. The molecule has 0 aliphatic heterocycles. The van der Waals surface area contributed by atoms with Crippen LogP contribution in [0.15, 0.2) is 42.5 Å². The molecule has 1 aliphatic rings. The molecule has 0 heterocycles. The van der Waals surface area contributed by atoms with E-state index < -0.39 is 27.8 Å². The zero-order valence-electron chi connectivity index (χ0n) is 28.3. The Morgan fingerprint density at radius 3 is 2.26 bits per heavy atom. The second-order valence-corrected chi connectivity index (χ2v) is 16.3. The van der Waals surface area contributed by atoms with Crippen LogP contribution in [-0.4, -0.2) is 72.6 Å². The van der Waals surface area contributed by atoms with Crippen molar-refractivity contribution in [3.05, 3.63) is 59.2 Å². The minimum atomic E-state index is -3.39.